The Morgan fingerprint density at radius 2 is 1.05 bits per heavy atom. The maximum Gasteiger partial charge on any atom is 0.259 e. The first-order chi connectivity index (χ1) is 44.3. The molecule has 17 nitrogen and oxygen atoms in total. The molecular weight excluding hydrogens is 1260 g/mol. The quantitative estimate of drug-likeness (QED) is 0.0623. The number of anilines is 4. The van der Waals surface area contributed by atoms with Gasteiger partial charge in [-0.2, -0.15) is 0 Å². The highest BCUT2D eigenvalue weighted by Crippen LogP contribution is 2.33. The number of fused-ring (bicyclic) bond motifs is 2. The Bertz CT molecular complexity index is 4320. The summed E-state index contributed by atoms with van der Waals surface area (Å²) < 4.78 is 127. The van der Waals surface area contributed by atoms with Crippen molar-refractivity contribution in [2.45, 2.75) is 50.7 Å². The van der Waals surface area contributed by atoms with E-state index in [1.807, 2.05) is 0 Å². The molecule has 3 atom stereocenters. The summed E-state index contributed by atoms with van der Waals surface area (Å²) in [6, 6.07) is 23.5. The van der Waals surface area contributed by atoms with Crippen molar-refractivity contribution < 1.29 is 58.9 Å². The van der Waals surface area contributed by atoms with Gasteiger partial charge < -0.3 is 39.7 Å². The van der Waals surface area contributed by atoms with Crippen LogP contribution in [0.15, 0.2) is 150 Å². The van der Waals surface area contributed by atoms with Gasteiger partial charge in [-0.15, -0.1) is 0 Å². The van der Waals surface area contributed by atoms with E-state index in [-0.39, 0.29) is 69.1 Å². The second-order valence-corrected chi connectivity index (χ2v) is 21.5. The maximum absolute atomic E-state index is 14.5. The number of carbonyl (C=O) groups is 2. The highest BCUT2D eigenvalue weighted by Gasteiger charge is 2.27. The summed E-state index contributed by atoms with van der Waals surface area (Å²) in [5.41, 5.74) is 5.52. The number of aldehydes is 1. The number of halogens is 10. The smallest absolute Gasteiger partial charge is 0.259 e. The van der Waals surface area contributed by atoms with Gasteiger partial charge in [-0.25, -0.2) is 60.0 Å². The fourth-order valence-electron chi connectivity index (χ4n) is 10.00. The van der Waals surface area contributed by atoms with Crippen LogP contribution in [0.3, 0.4) is 0 Å². The van der Waals surface area contributed by atoms with Crippen molar-refractivity contribution in [1.29, 1.82) is 0 Å². The molecule has 10 aromatic rings. The van der Waals surface area contributed by atoms with Gasteiger partial charge in [0.15, 0.2) is 6.29 Å². The van der Waals surface area contributed by atoms with Crippen molar-refractivity contribution in [3.63, 3.8) is 0 Å². The zero-order valence-electron chi connectivity index (χ0n) is 48.5. The lowest BCUT2D eigenvalue weighted by Gasteiger charge is -2.19. The standard InChI is InChI=1S/C23H17F3N4O2.C18H13ClF2N2O2.C10H11ClN2O2.C9H8F2O.C5H5FN2/c24-14-4-5-20(28-11-14)29-21-9-19-13(10-27-21)8-16(22-17(25)2-1-3-18(22)26)23(31)30(19)15-6-7-32-12-15;19-16-7-15-10(8-22-16)6-12(17-13(20)2-1-3-14(17)21)18(24)23(15)11-4-5-25-9-11;11-10-3-9(7(5-14)4-12-10)13-8-1-2-15-6-8;1-6(12)5-7-8(10)3-2-4-9(7)11;6-4-1-2-5(7)8-3-4/h1-5,8-11,15H,6-7,12H2,(H,27,28,29);1-3,6-8,11H,4-5,9H2;3-5,8H,1-2,6H2,(H,12,13);2-4H,5H2,1H3;1-3H,(H2,7,8). The Balaban J connectivity index is 0.000000147. The molecule has 27 heteroatoms. The minimum Gasteiger partial charge on any atom is -0.384 e. The zero-order valence-corrected chi connectivity index (χ0v) is 50.0. The molecule has 3 unspecified atom stereocenters. The van der Waals surface area contributed by atoms with Crippen molar-refractivity contribution in [1.82, 2.24) is 34.1 Å². The van der Waals surface area contributed by atoms with E-state index in [1.165, 1.54) is 89.2 Å². The van der Waals surface area contributed by atoms with Crippen LogP contribution in [0.5, 0.6) is 0 Å². The molecule has 0 radical (unpaired) electrons. The minimum absolute atomic E-state index is 0.0425. The summed E-state index contributed by atoms with van der Waals surface area (Å²) >= 11 is 11.7. The Labute approximate surface area is 528 Å². The molecule has 3 aliphatic heterocycles. The Morgan fingerprint density at radius 3 is 1.52 bits per heavy atom. The number of nitrogens with zero attached hydrogens (tertiary/aromatic N) is 7. The summed E-state index contributed by atoms with van der Waals surface area (Å²) in [6.07, 6.45) is 9.37. The van der Waals surface area contributed by atoms with E-state index in [0.717, 1.165) is 73.8 Å². The van der Waals surface area contributed by atoms with Crippen molar-refractivity contribution >= 4 is 80.2 Å². The average molecular weight is 1310 g/mol. The van der Waals surface area contributed by atoms with E-state index in [2.05, 4.69) is 35.6 Å². The molecule has 7 aromatic heterocycles. The second kappa shape index (κ2) is 31.0. The Morgan fingerprint density at radius 1 is 0.576 bits per heavy atom. The predicted octanol–water partition coefficient (Wildman–Crippen LogP) is 13.2. The number of Topliss-reactive ketones (excluding diaryl/α,β-unsaturated/α-hetero) is 1. The van der Waals surface area contributed by atoms with Gasteiger partial charge in [0.1, 0.15) is 80.1 Å². The molecule has 0 amide bonds. The highest BCUT2D eigenvalue weighted by atomic mass is 35.5. The normalized spacial score (nSPS) is 15.6. The molecule has 0 spiro atoms. The number of aromatic nitrogens is 7. The predicted molar refractivity (Wildman–Crippen MR) is 331 cm³/mol. The SMILES string of the molecule is CC(=O)Cc1c(F)cccc1F.Nc1ccc(F)cn1.O=Cc1cnc(Cl)cc1NC1CCOC1.O=c1c(-c2c(F)cccc2F)cc2cnc(Cl)cc2n1C1CCOC1.O=c1c(-c2c(F)cccc2F)cc2cnc(Nc3ccc(F)cn3)cc2n1C1CCOC1. The maximum atomic E-state index is 14.5. The lowest BCUT2D eigenvalue weighted by atomic mass is 10.0. The molecule has 3 aliphatic rings. The number of hydrogen-bond acceptors (Lipinski definition) is 15. The molecule has 0 bridgehead atoms. The molecule has 13 rings (SSSR count). The first kappa shape index (κ1) is 66.9. The first-order valence-corrected chi connectivity index (χ1v) is 29.0. The monoisotopic (exact) mass is 1310 g/mol. The molecule has 3 fully saturated rings. The van der Waals surface area contributed by atoms with Gasteiger partial charge in [0.05, 0.1) is 89.2 Å². The summed E-state index contributed by atoms with van der Waals surface area (Å²) in [5, 5.41) is 7.92. The van der Waals surface area contributed by atoms with E-state index >= 15 is 0 Å². The number of ether oxygens (including phenoxy) is 3. The number of hydrogen-bond donors (Lipinski definition) is 3. The molecule has 3 aromatic carbocycles. The first-order valence-electron chi connectivity index (χ1n) is 28.2. The molecule has 3 saturated heterocycles. The number of carbonyl (C=O) groups excluding carboxylic acids is 2. The van der Waals surface area contributed by atoms with Crippen LogP contribution in [0.2, 0.25) is 10.3 Å². The van der Waals surface area contributed by atoms with Gasteiger partial charge in [-0.1, -0.05) is 41.4 Å². The summed E-state index contributed by atoms with van der Waals surface area (Å²) in [7, 11) is 0. The third-order valence-electron chi connectivity index (χ3n) is 14.4. The molecule has 10 heterocycles. The van der Waals surface area contributed by atoms with Crippen LogP contribution in [0.4, 0.5) is 58.3 Å². The van der Waals surface area contributed by atoms with Gasteiger partial charge in [-0.3, -0.25) is 19.2 Å². The number of ketones is 1. The van der Waals surface area contributed by atoms with Crippen molar-refractivity contribution in [2.24, 2.45) is 0 Å². The molecule has 92 heavy (non-hydrogen) atoms. The van der Waals surface area contributed by atoms with Crippen molar-refractivity contribution in [3.05, 3.63) is 229 Å². The van der Waals surface area contributed by atoms with Crippen molar-refractivity contribution in [2.75, 3.05) is 56.0 Å². The average Bonchev–Trinajstić information content (AvgIpc) is 1.11. The number of nitrogen functional groups attached to an aromatic ring is 1. The number of benzene rings is 3. The van der Waals surface area contributed by atoms with E-state index in [9.17, 15) is 54.3 Å². The van der Waals surface area contributed by atoms with Crippen LogP contribution >= 0.6 is 23.2 Å². The lowest BCUT2D eigenvalue weighted by Crippen LogP contribution is -2.27. The Hall–Kier alpha value is -9.53. The molecular formula is C65H54Cl2F8N10O7. The second-order valence-electron chi connectivity index (χ2n) is 20.8. The summed E-state index contributed by atoms with van der Waals surface area (Å²) in [4.78, 5) is 67.5. The van der Waals surface area contributed by atoms with Crippen LogP contribution < -0.4 is 27.5 Å². The highest BCUT2D eigenvalue weighted by molar-refractivity contribution is 6.30. The molecule has 4 N–H and O–H groups in total. The number of pyridine rings is 7. The number of rotatable bonds is 11. The van der Waals surface area contributed by atoms with E-state index < -0.39 is 51.8 Å². The van der Waals surface area contributed by atoms with Gasteiger partial charge in [0, 0.05) is 72.9 Å². The summed E-state index contributed by atoms with van der Waals surface area (Å²) in [6.45, 7) is 4.39. The molecule has 0 saturated carbocycles. The van der Waals surface area contributed by atoms with Gasteiger partial charge in [0.2, 0.25) is 0 Å². The van der Waals surface area contributed by atoms with Crippen LogP contribution in [0, 0.1) is 46.5 Å². The van der Waals surface area contributed by atoms with Crippen LogP contribution in [-0.4, -0.2) is 91.8 Å². The van der Waals surface area contributed by atoms with Crippen molar-refractivity contribution in [3.8, 4) is 22.3 Å². The minimum atomic E-state index is -0.815. The zero-order chi connectivity index (χ0) is 65.6. The number of nitrogens with two attached hydrogens (primary N) is 1. The van der Waals surface area contributed by atoms with Gasteiger partial charge >= 0.3 is 0 Å². The molecule has 0 aliphatic carbocycles. The lowest BCUT2D eigenvalue weighted by molar-refractivity contribution is -0.116. The van der Waals surface area contributed by atoms with Gasteiger partial charge in [0.25, 0.3) is 11.1 Å². The topological polar surface area (TPSA) is 220 Å². The van der Waals surface area contributed by atoms with Crippen LogP contribution in [-0.2, 0) is 25.4 Å². The summed E-state index contributed by atoms with van der Waals surface area (Å²) in [5.74, 6) is -4.51. The Kier molecular flexibility index (Phi) is 22.5. The third-order valence-corrected chi connectivity index (χ3v) is 14.8. The van der Waals surface area contributed by atoms with Gasteiger partial charge in [-0.05, 0) is 111 Å². The number of nitrogens with one attached hydrogen (secondary N) is 2. The van der Waals surface area contributed by atoms with E-state index in [4.69, 9.17) is 43.1 Å². The fraction of sp³-hybridized carbons (Fsp3) is 0.215. The molecule has 476 valence electrons. The largest absolute Gasteiger partial charge is 0.384 e. The third kappa shape index (κ3) is 16.7. The fourth-order valence-corrected chi connectivity index (χ4v) is 10.3. The van der Waals surface area contributed by atoms with Crippen LogP contribution in [0.25, 0.3) is 44.1 Å². The van der Waals surface area contributed by atoms with E-state index in [0.29, 0.717) is 95.9 Å². The van der Waals surface area contributed by atoms with E-state index in [1.54, 1.807) is 18.2 Å². The van der Waals surface area contributed by atoms with Crippen LogP contribution in [0.1, 0.15) is 54.2 Å².